The van der Waals surface area contributed by atoms with Crippen LogP contribution in [0.25, 0.3) is 0 Å². The number of piperidine rings is 1. The summed E-state index contributed by atoms with van der Waals surface area (Å²) >= 11 is 0. The number of amides is 3. The molecule has 4 heterocycles. The number of carbonyl (C=O) groups is 3. The summed E-state index contributed by atoms with van der Waals surface area (Å²) in [5, 5.41) is 2.88. The number of carbonyl (C=O) groups excluding carboxylic acids is 3. The van der Waals surface area contributed by atoms with Crippen molar-refractivity contribution in [3.05, 3.63) is 35.9 Å². The van der Waals surface area contributed by atoms with Crippen molar-refractivity contribution < 1.29 is 33.6 Å². The smallest absolute Gasteiger partial charge is 0.239 e. The van der Waals surface area contributed by atoms with Crippen LogP contribution in [-0.4, -0.2) is 78.5 Å². The summed E-state index contributed by atoms with van der Waals surface area (Å²) in [4.78, 5) is 55.3. The zero-order valence-corrected chi connectivity index (χ0v) is 24.1. The Balaban J connectivity index is 1.29. The molecule has 5 aliphatic rings. The first-order chi connectivity index (χ1) is 19.2. The van der Waals surface area contributed by atoms with Gasteiger partial charge in [-0.3, -0.25) is 14.4 Å². The number of ether oxygens (including phenoxy) is 2. The van der Waals surface area contributed by atoms with Crippen LogP contribution in [0.1, 0.15) is 58.4 Å². The Morgan fingerprint density at radius 3 is 2.65 bits per heavy atom. The maximum Gasteiger partial charge on any atom is 0.239 e. The number of hydrogen-bond donors (Lipinski definition) is 1. The minimum Gasteiger partial charge on any atom is -0.383 e. The van der Waals surface area contributed by atoms with Crippen LogP contribution in [0, 0.1) is 23.7 Å². The Labute approximate surface area is 236 Å². The van der Waals surface area contributed by atoms with Crippen LogP contribution in [0.15, 0.2) is 30.3 Å². The fourth-order valence-electron chi connectivity index (χ4n) is 7.27. The molecule has 6 rings (SSSR count). The molecule has 40 heavy (non-hydrogen) atoms. The average molecular weight is 558 g/mol. The van der Waals surface area contributed by atoms with Crippen LogP contribution >= 0.6 is 0 Å². The minimum absolute atomic E-state index is 0.00712. The van der Waals surface area contributed by atoms with Gasteiger partial charge in [0.2, 0.25) is 23.5 Å². The molecule has 3 unspecified atom stereocenters. The fourth-order valence-corrected chi connectivity index (χ4v) is 7.27. The number of methoxy groups -OCH3 is 1. The third-order valence-corrected chi connectivity index (χ3v) is 9.51. The average Bonchev–Trinajstić information content (AvgIpc) is 3.19. The van der Waals surface area contributed by atoms with E-state index in [2.05, 4.69) is 12.2 Å². The second kappa shape index (κ2) is 11.8. The van der Waals surface area contributed by atoms with Gasteiger partial charge in [0, 0.05) is 51.4 Å². The van der Waals surface area contributed by atoms with Gasteiger partial charge in [0.15, 0.2) is 11.8 Å². The third-order valence-electron chi connectivity index (χ3n) is 9.51. The van der Waals surface area contributed by atoms with Gasteiger partial charge in [-0.05, 0) is 43.6 Å². The van der Waals surface area contributed by atoms with E-state index in [4.69, 9.17) is 19.2 Å². The molecule has 3 amide bonds. The highest BCUT2D eigenvalue weighted by molar-refractivity contribution is 5.85. The van der Waals surface area contributed by atoms with Gasteiger partial charge in [0.05, 0.1) is 13.2 Å². The predicted octanol–water partition coefficient (Wildman–Crippen LogP) is 2.86. The second-order valence-electron chi connectivity index (χ2n) is 12.1. The van der Waals surface area contributed by atoms with Gasteiger partial charge in [-0.1, -0.05) is 44.2 Å². The molecule has 220 valence electrons. The molecule has 4 aliphatic heterocycles. The monoisotopic (exact) mass is 557 g/mol. The van der Waals surface area contributed by atoms with E-state index in [0.29, 0.717) is 25.5 Å². The summed E-state index contributed by atoms with van der Waals surface area (Å²) in [5.74, 6) is -1.11. The highest BCUT2D eigenvalue weighted by Gasteiger charge is 2.70. The van der Waals surface area contributed by atoms with E-state index in [1.54, 1.807) is 12.0 Å². The van der Waals surface area contributed by atoms with Crippen molar-refractivity contribution in [2.24, 2.45) is 23.7 Å². The van der Waals surface area contributed by atoms with Gasteiger partial charge in [0.1, 0.15) is 0 Å². The van der Waals surface area contributed by atoms with E-state index in [0.717, 1.165) is 24.8 Å². The van der Waals surface area contributed by atoms with E-state index in [1.807, 2.05) is 44.2 Å². The Bertz CT molecular complexity index is 1090. The molecule has 1 aromatic carbocycles. The highest BCUT2D eigenvalue weighted by Crippen LogP contribution is 2.60. The topological polar surface area (TPSA) is 107 Å². The number of hydrogen-bond acceptors (Lipinski definition) is 7. The van der Waals surface area contributed by atoms with E-state index in [1.165, 1.54) is 4.90 Å². The van der Waals surface area contributed by atoms with Crippen molar-refractivity contribution in [1.29, 1.82) is 0 Å². The lowest BCUT2D eigenvalue weighted by atomic mass is 9.57. The Kier molecular flexibility index (Phi) is 8.52. The minimum atomic E-state index is -0.942. The number of likely N-dealkylation sites (tertiary alicyclic amines) is 1. The van der Waals surface area contributed by atoms with Crippen LogP contribution in [0.3, 0.4) is 0 Å². The van der Waals surface area contributed by atoms with Crippen molar-refractivity contribution in [3.63, 3.8) is 0 Å². The van der Waals surface area contributed by atoms with Crippen molar-refractivity contribution in [3.8, 4) is 0 Å². The quantitative estimate of drug-likeness (QED) is 0.441. The standard InChI is InChI=1S/C30H43N3O7/c1-20-10-11-24-21(2)27(36)33(28-30(24)23(20)12-14-29(3,38-28)39-40-30)15-13-26(35)32(16-17-37-4)19-25(34)31-18-22-8-6-5-7-9-22/h5-9,20-21,23-24,28H,10-19H2,1-4H3,(H,31,34)/t20-,21+,23?,24?,28?,29-,30+/m0/s1. The second-order valence-corrected chi connectivity index (χ2v) is 12.1. The van der Waals surface area contributed by atoms with Gasteiger partial charge in [-0.2, -0.15) is 0 Å². The molecule has 7 atom stereocenters. The maximum absolute atomic E-state index is 13.7. The van der Waals surface area contributed by atoms with Crippen LogP contribution < -0.4 is 5.32 Å². The molecule has 1 N–H and O–H groups in total. The van der Waals surface area contributed by atoms with Crippen LogP contribution in [0.2, 0.25) is 0 Å². The first-order valence-corrected chi connectivity index (χ1v) is 14.6. The van der Waals surface area contributed by atoms with Crippen LogP contribution in [0.5, 0.6) is 0 Å². The van der Waals surface area contributed by atoms with Gasteiger partial charge >= 0.3 is 0 Å². The Morgan fingerprint density at radius 1 is 1.12 bits per heavy atom. The zero-order chi connectivity index (χ0) is 28.5. The van der Waals surface area contributed by atoms with Crippen LogP contribution in [0.4, 0.5) is 0 Å². The molecule has 0 radical (unpaired) electrons. The van der Waals surface area contributed by atoms with E-state index in [9.17, 15) is 14.4 Å². The van der Waals surface area contributed by atoms with Crippen molar-refractivity contribution in [2.45, 2.75) is 77.0 Å². The molecule has 0 aromatic heterocycles. The molecule has 4 saturated heterocycles. The first kappa shape index (κ1) is 29.0. The molecule has 10 heteroatoms. The van der Waals surface area contributed by atoms with Crippen molar-refractivity contribution >= 4 is 17.7 Å². The van der Waals surface area contributed by atoms with Crippen LogP contribution in [-0.2, 0) is 40.2 Å². The summed E-state index contributed by atoms with van der Waals surface area (Å²) in [6.45, 7) is 7.14. The van der Waals surface area contributed by atoms with Gasteiger partial charge in [-0.25, -0.2) is 9.78 Å². The number of fused-ring (bicyclic) bond motifs is 2. The summed E-state index contributed by atoms with van der Waals surface area (Å²) in [6, 6.07) is 9.62. The number of nitrogens with one attached hydrogen (secondary N) is 1. The van der Waals surface area contributed by atoms with Gasteiger partial charge in [0.25, 0.3) is 0 Å². The predicted molar refractivity (Wildman–Crippen MR) is 145 cm³/mol. The number of benzene rings is 1. The van der Waals surface area contributed by atoms with Gasteiger partial charge in [-0.15, -0.1) is 0 Å². The molecule has 1 spiro atoms. The molecule has 10 nitrogen and oxygen atoms in total. The SMILES string of the molecule is COCCN(CC(=O)NCc1ccccc1)C(=O)CCN1C(=O)[C@H](C)C2CC[C@H](C)C3CC[C@]4(C)OO[C@]32C1O4. The largest absolute Gasteiger partial charge is 0.383 e. The molecule has 1 aliphatic carbocycles. The molecular formula is C30H43N3O7. The number of rotatable bonds is 10. The summed E-state index contributed by atoms with van der Waals surface area (Å²) in [5.41, 5.74) is 0.228. The number of nitrogens with zero attached hydrogens (tertiary/aromatic N) is 2. The first-order valence-electron chi connectivity index (χ1n) is 14.6. The molecule has 2 bridgehead atoms. The highest BCUT2D eigenvalue weighted by atomic mass is 17.3. The third kappa shape index (κ3) is 5.38. The van der Waals surface area contributed by atoms with E-state index in [-0.39, 0.29) is 61.5 Å². The van der Waals surface area contributed by atoms with Crippen molar-refractivity contribution in [2.75, 3.05) is 33.4 Å². The summed E-state index contributed by atoms with van der Waals surface area (Å²) < 4.78 is 11.8. The van der Waals surface area contributed by atoms with E-state index < -0.39 is 17.6 Å². The van der Waals surface area contributed by atoms with Gasteiger partial charge < -0.3 is 24.6 Å². The molecule has 1 saturated carbocycles. The summed E-state index contributed by atoms with van der Waals surface area (Å²) in [7, 11) is 1.56. The fraction of sp³-hybridized carbons (Fsp3) is 0.700. The molecule has 1 aromatic rings. The normalized spacial score (nSPS) is 34.6. The maximum atomic E-state index is 13.7. The Hall–Kier alpha value is -2.53. The zero-order valence-electron chi connectivity index (χ0n) is 24.1. The lowest BCUT2D eigenvalue weighted by Crippen LogP contribution is -2.75. The summed E-state index contributed by atoms with van der Waals surface area (Å²) in [6.07, 6.45) is 2.95. The lowest BCUT2D eigenvalue weighted by molar-refractivity contribution is -0.547. The molecule has 5 fully saturated rings. The Morgan fingerprint density at radius 2 is 1.90 bits per heavy atom. The molecular weight excluding hydrogens is 514 g/mol. The van der Waals surface area contributed by atoms with Crippen molar-refractivity contribution in [1.82, 2.24) is 15.1 Å². The lowest BCUT2D eigenvalue weighted by Gasteiger charge is -2.61. The van der Waals surface area contributed by atoms with E-state index >= 15 is 0 Å².